The molecule has 10 nitrogen and oxygen atoms in total. The number of rotatable bonds is 8. The van der Waals surface area contributed by atoms with Crippen molar-refractivity contribution in [3.63, 3.8) is 0 Å². The van der Waals surface area contributed by atoms with Gasteiger partial charge in [0.15, 0.2) is 0 Å². The molecule has 4 unspecified atom stereocenters. The van der Waals surface area contributed by atoms with Crippen LogP contribution in [0.2, 0.25) is 0 Å². The lowest BCUT2D eigenvalue weighted by Crippen LogP contribution is -2.62. The fourth-order valence-electron chi connectivity index (χ4n) is 3.57. The van der Waals surface area contributed by atoms with Crippen molar-refractivity contribution in [2.75, 3.05) is 19.8 Å². The van der Waals surface area contributed by atoms with Crippen molar-refractivity contribution < 1.29 is 34.3 Å². The second-order valence-corrected chi connectivity index (χ2v) is 6.58. The third-order valence-corrected chi connectivity index (χ3v) is 4.81. The van der Waals surface area contributed by atoms with Crippen LogP contribution in [-0.2, 0) is 21.9 Å². The molecule has 2 aliphatic heterocycles. The number of ether oxygens (including phenoxy) is 4. The van der Waals surface area contributed by atoms with E-state index in [1.165, 1.54) is 0 Å². The molecule has 156 valence electrons. The Hall–Kier alpha value is -2.59. The first-order valence-electron chi connectivity index (χ1n) is 9.00. The van der Waals surface area contributed by atoms with E-state index in [0.29, 0.717) is 22.6 Å². The number of nitrogens with zero attached hydrogens (tertiary/aromatic N) is 3. The summed E-state index contributed by atoms with van der Waals surface area (Å²) in [5.74, 6) is -0.987. The first-order chi connectivity index (χ1) is 14.0. The second kappa shape index (κ2) is 8.83. The van der Waals surface area contributed by atoms with Gasteiger partial charge in [0.2, 0.25) is 5.79 Å². The molecule has 0 aromatic heterocycles. The molecule has 0 aliphatic carbocycles. The fourth-order valence-corrected chi connectivity index (χ4v) is 3.57. The molecule has 0 saturated carbocycles. The molecule has 2 aliphatic rings. The predicted octanol–water partition coefficient (Wildman–Crippen LogP) is 1.29. The van der Waals surface area contributed by atoms with Crippen molar-refractivity contribution in [1.82, 2.24) is 0 Å². The van der Waals surface area contributed by atoms with Crippen molar-refractivity contribution in [1.29, 1.82) is 0 Å². The van der Waals surface area contributed by atoms with Gasteiger partial charge in [-0.15, -0.1) is 0 Å². The van der Waals surface area contributed by atoms with Crippen LogP contribution in [0.4, 0.5) is 0 Å². The van der Waals surface area contributed by atoms with Gasteiger partial charge in [-0.2, -0.15) is 0 Å². The minimum Gasteiger partial charge on any atom is -0.489 e. The van der Waals surface area contributed by atoms with Crippen LogP contribution in [-0.4, -0.2) is 59.5 Å². The normalized spacial score (nSPS) is 30.3. The summed E-state index contributed by atoms with van der Waals surface area (Å²) in [7, 11) is 0. The highest BCUT2D eigenvalue weighted by molar-refractivity contribution is 5.52. The molecule has 1 spiro atoms. The molecule has 3 N–H and O–H groups in total. The standard InChI is InChI=1S/C19H23N3O7/c1-3-5-26-12-7-11-10-28-19(15(11)13(8-12)27-6-4-2)18(25)16(21-22-20)17(24)14(9-23)29-19/h3-4,7-8,14,16-18,23-25H,1-2,5-6,9-10H2/t14-,16?,17?,18?,19?/m1/s1. The zero-order valence-electron chi connectivity index (χ0n) is 15.7. The Labute approximate surface area is 167 Å². The van der Waals surface area contributed by atoms with Crippen molar-refractivity contribution >= 4 is 0 Å². The summed E-state index contributed by atoms with van der Waals surface area (Å²) in [6.07, 6.45) is -0.974. The maximum atomic E-state index is 11.0. The van der Waals surface area contributed by atoms with Crippen LogP contribution in [0.5, 0.6) is 11.5 Å². The topological polar surface area (TPSA) is 146 Å². The van der Waals surface area contributed by atoms with E-state index < -0.39 is 36.7 Å². The summed E-state index contributed by atoms with van der Waals surface area (Å²) in [5, 5.41) is 34.4. The summed E-state index contributed by atoms with van der Waals surface area (Å²) in [5.41, 5.74) is 9.86. The SMILES string of the molecule is C=CCOc1cc2c(c(OCC=C)c1)C1(OC2)O[C@H](CO)C(O)C(N=[N+]=[N-])C1O. The van der Waals surface area contributed by atoms with E-state index in [1.807, 2.05) is 0 Å². The predicted molar refractivity (Wildman–Crippen MR) is 101 cm³/mol. The van der Waals surface area contributed by atoms with Crippen molar-refractivity contribution in [2.24, 2.45) is 5.11 Å². The first kappa shape index (κ1) is 21.1. The Kier molecular flexibility index (Phi) is 6.43. The Balaban J connectivity index is 2.12. The van der Waals surface area contributed by atoms with Gasteiger partial charge >= 0.3 is 0 Å². The third kappa shape index (κ3) is 3.69. The minimum atomic E-state index is -1.80. The minimum absolute atomic E-state index is 0.0410. The number of azide groups is 1. The van der Waals surface area contributed by atoms with Gasteiger partial charge < -0.3 is 34.3 Å². The van der Waals surface area contributed by atoms with Crippen molar-refractivity contribution in [3.05, 3.63) is 59.0 Å². The molecule has 1 saturated heterocycles. The highest BCUT2D eigenvalue weighted by Crippen LogP contribution is 2.51. The van der Waals surface area contributed by atoms with E-state index in [0.717, 1.165) is 0 Å². The quantitative estimate of drug-likeness (QED) is 0.256. The van der Waals surface area contributed by atoms with Crippen LogP contribution in [0.1, 0.15) is 11.1 Å². The first-order valence-corrected chi connectivity index (χ1v) is 9.00. The molecule has 0 radical (unpaired) electrons. The lowest BCUT2D eigenvalue weighted by atomic mass is 9.85. The molecule has 1 fully saturated rings. The molecular weight excluding hydrogens is 382 g/mol. The van der Waals surface area contributed by atoms with Gasteiger partial charge in [-0.3, -0.25) is 0 Å². The highest BCUT2D eigenvalue weighted by Gasteiger charge is 2.59. The van der Waals surface area contributed by atoms with Crippen LogP contribution >= 0.6 is 0 Å². The number of fused-ring (bicyclic) bond motifs is 2. The molecule has 1 aromatic rings. The fraction of sp³-hybridized carbons (Fsp3) is 0.474. The van der Waals surface area contributed by atoms with Crippen LogP contribution in [0.15, 0.2) is 42.6 Å². The van der Waals surface area contributed by atoms with Gasteiger partial charge in [-0.25, -0.2) is 0 Å². The lowest BCUT2D eigenvalue weighted by Gasteiger charge is -2.46. The van der Waals surface area contributed by atoms with E-state index in [4.69, 9.17) is 24.5 Å². The second-order valence-electron chi connectivity index (χ2n) is 6.58. The van der Waals surface area contributed by atoms with Gasteiger partial charge in [-0.05, 0) is 17.2 Å². The van der Waals surface area contributed by atoms with E-state index in [9.17, 15) is 15.3 Å². The molecule has 10 heteroatoms. The Morgan fingerprint density at radius 1 is 1.28 bits per heavy atom. The highest BCUT2D eigenvalue weighted by atomic mass is 16.7. The molecule has 29 heavy (non-hydrogen) atoms. The molecule has 5 atom stereocenters. The average molecular weight is 405 g/mol. The monoisotopic (exact) mass is 405 g/mol. The van der Waals surface area contributed by atoms with Gasteiger partial charge in [0, 0.05) is 11.0 Å². The summed E-state index contributed by atoms with van der Waals surface area (Å²) in [4.78, 5) is 2.70. The molecule has 0 amide bonds. The van der Waals surface area contributed by atoms with Crippen molar-refractivity contribution in [2.45, 2.75) is 36.7 Å². The number of aliphatic hydroxyl groups is 3. The van der Waals surface area contributed by atoms with Crippen LogP contribution < -0.4 is 9.47 Å². The number of aliphatic hydroxyl groups excluding tert-OH is 3. The van der Waals surface area contributed by atoms with Gasteiger partial charge in [0.1, 0.15) is 36.9 Å². The molecule has 1 aromatic carbocycles. The maximum absolute atomic E-state index is 11.0. The Morgan fingerprint density at radius 2 is 2.00 bits per heavy atom. The van der Waals surface area contributed by atoms with Gasteiger partial charge in [-0.1, -0.05) is 30.4 Å². The molecular formula is C19H23N3O7. The van der Waals surface area contributed by atoms with Crippen molar-refractivity contribution in [3.8, 4) is 11.5 Å². The van der Waals surface area contributed by atoms with Crippen LogP contribution in [0.3, 0.4) is 0 Å². The van der Waals surface area contributed by atoms with E-state index >= 15 is 0 Å². The summed E-state index contributed by atoms with van der Waals surface area (Å²) >= 11 is 0. The zero-order chi connectivity index (χ0) is 21.0. The van der Waals surface area contributed by atoms with Crippen LogP contribution in [0.25, 0.3) is 10.4 Å². The van der Waals surface area contributed by atoms with E-state index in [-0.39, 0.29) is 19.8 Å². The number of hydrogen-bond acceptors (Lipinski definition) is 8. The molecule has 3 rings (SSSR count). The molecule has 0 bridgehead atoms. The van der Waals surface area contributed by atoms with E-state index in [2.05, 4.69) is 23.2 Å². The molecule has 2 heterocycles. The smallest absolute Gasteiger partial charge is 0.227 e. The van der Waals surface area contributed by atoms with Crippen LogP contribution in [0, 0.1) is 0 Å². The summed E-state index contributed by atoms with van der Waals surface area (Å²) in [6, 6.07) is 2.02. The van der Waals surface area contributed by atoms with Gasteiger partial charge in [0.25, 0.3) is 0 Å². The number of benzene rings is 1. The largest absolute Gasteiger partial charge is 0.489 e. The Bertz CT molecular complexity index is 826. The van der Waals surface area contributed by atoms with Gasteiger partial charge in [0.05, 0.1) is 30.9 Å². The summed E-state index contributed by atoms with van der Waals surface area (Å²) < 4.78 is 23.0. The van der Waals surface area contributed by atoms with E-state index in [1.54, 1.807) is 24.3 Å². The number of hydrogen-bond donors (Lipinski definition) is 3. The maximum Gasteiger partial charge on any atom is 0.227 e. The summed E-state index contributed by atoms with van der Waals surface area (Å²) in [6.45, 7) is 7.15. The lowest BCUT2D eigenvalue weighted by molar-refractivity contribution is -0.350. The average Bonchev–Trinajstić information content (AvgIpc) is 3.10. The Morgan fingerprint density at radius 3 is 2.66 bits per heavy atom. The third-order valence-electron chi connectivity index (χ3n) is 4.81. The zero-order valence-corrected chi connectivity index (χ0v) is 15.7.